The van der Waals surface area contributed by atoms with Gasteiger partial charge in [0, 0.05) is 30.4 Å². The molecule has 4 rings (SSSR count). The highest BCUT2D eigenvalue weighted by atomic mass is 32.2. The van der Waals surface area contributed by atoms with Gasteiger partial charge >= 0.3 is 0 Å². The summed E-state index contributed by atoms with van der Waals surface area (Å²) in [6.45, 7) is 5.98. The number of aromatic nitrogens is 2. The Morgan fingerprint density at radius 2 is 1.87 bits per heavy atom. The summed E-state index contributed by atoms with van der Waals surface area (Å²) in [5.41, 5.74) is 3.07. The minimum Gasteiger partial charge on any atom is -0.338 e. The van der Waals surface area contributed by atoms with E-state index in [2.05, 4.69) is 14.9 Å². The second kappa shape index (κ2) is 8.61. The van der Waals surface area contributed by atoms with E-state index >= 15 is 0 Å². The van der Waals surface area contributed by atoms with Crippen molar-refractivity contribution >= 4 is 15.7 Å². The van der Waals surface area contributed by atoms with E-state index in [1.807, 2.05) is 25.6 Å². The monoisotopic (exact) mass is 436 g/mol. The van der Waals surface area contributed by atoms with Crippen LogP contribution in [0.4, 0.5) is 0 Å². The van der Waals surface area contributed by atoms with Crippen LogP contribution < -0.4 is 0 Å². The lowest BCUT2D eigenvalue weighted by atomic mass is 9.78. The molecule has 3 aliphatic rings. The summed E-state index contributed by atoms with van der Waals surface area (Å²) in [5, 5.41) is 4.66. The summed E-state index contributed by atoms with van der Waals surface area (Å²) in [5.74, 6) is 1.38. The molecule has 8 heteroatoms. The first-order chi connectivity index (χ1) is 14.2. The molecule has 7 nitrogen and oxygen atoms in total. The van der Waals surface area contributed by atoms with E-state index in [1.54, 1.807) is 0 Å². The fourth-order valence-corrected chi connectivity index (χ4v) is 7.52. The van der Waals surface area contributed by atoms with Gasteiger partial charge in [0.15, 0.2) is 9.84 Å². The van der Waals surface area contributed by atoms with Crippen molar-refractivity contribution in [3.8, 4) is 0 Å². The summed E-state index contributed by atoms with van der Waals surface area (Å²) >= 11 is 0. The molecule has 0 spiro atoms. The number of piperidine rings is 1. The molecule has 1 aromatic heterocycles. The minimum atomic E-state index is -2.95. The summed E-state index contributed by atoms with van der Waals surface area (Å²) in [6.07, 6.45) is 8.04. The number of fused-ring (bicyclic) bond motifs is 1. The topological polar surface area (TPSA) is 75.5 Å². The zero-order valence-corrected chi connectivity index (χ0v) is 19.5. The Morgan fingerprint density at radius 3 is 2.60 bits per heavy atom. The number of amides is 1. The van der Waals surface area contributed by atoms with E-state index in [0.29, 0.717) is 31.5 Å². The maximum Gasteiger partial charge on any atom is 0.237 e. The third-order valence-electron chi connectivity index (χ3n) is 7.43. The van der Waals surface area contributed by atoms with E-state index in [0.717, 1.165) is 36.3 Å². The van der Waals surface area contributed by atoms with E-state index in [4.69, 9.17) is 0 Å². The predicted octanol–water partition coefficient (Wildman–Crippen LogP) is 2.47. The van der Waals surface area contributed by atoms with Crippen LogP contribution in [0.15, 0.2) is 0 Å². The number of sulfone groups is 1. The van der Waals surface area contributed by atoms with Gasteiger partial charge in [-0.15, -0.1) is 0 Å². The Kier molecular flexibility index (Phi) is 6.26. The first kappa shape index (κ1) is 21.8. The van der Waals surface area contributed by atoms with Gasteiger partial charge in [0.05, 0.1) is 29.8 Å². The largest absolute Gasteiger partial charge is 0.338 e. The molecule has 2 saturated heterocycles. The van der Waals surface area contributed by atoms with Gasteiger partial charge in [0.1, 0.15) is 0 Å². The van der Waals surface area contributed by atoms with Gasteiger partial charge in [-0.05, 0) is 58.9 Å². The van der Waals surface area contributed by atoms with Crippen molar-refractivity contribution < 1.29 is 13.2 Å². The molecule has 168 valence electrons. The van der Waals surface area contributed by atoms with Crippen LogP contribution in [0.25, 0.3) is 0 Å². The highest BCUT2D eigenvalue weighted by molar-refractivity contribution is 7.91. The molecule has 1 aliphatic carbocycles. The highest BCUT2D eigenvalue weighted by Crippen LogP contribution is 2.35. The molecule has 1 amide bonds. The lowest BCUT2D eigenvalue weighted by Crippen LogP contribution is -2.52. The summed E-state index contributed by atoms with van der Waals surface area (Å²) in [6, 6.07) is 0.384. The van der Waals surface area contributed by atoms with E-state index in [-0.39, 0.29) is 23.5 Å². The van der Waals surface area contributed by atoms with E-state index in [1.165, 1.54) is 25.7 Å². The molecule has 30 heavy (non-hydrogen) atoms. The van der Waals surface area contributed by atoms with Crippen LogP contribution in [0.3, 0.4) is 0 Å². The van der Waals surface area contributed by atoms with Crippen molar-refractivity contribution in [1.82, 2.24) is 19.6 Å². The zero-order valence-electron chi connectivity index (χ0n) is 18.6. The van der Waals surface area contributed by atoms with Crippen LogP contribution in [0.2, 0.25) is 0 Å². The van der Waals surface area contributed by atoms with E-state index < -0.39 is 9.84 Å². The Hall–Kier alpha value is -1.41. The molecule has 0 aromatic carbocycles. The molecule has 0 unspecified atom stereocenters. The predicted molar refractivity (Wildman–Crippen MR) is 117 cm³/mol. The summed E-state index contributed by atoms with van der Waals surface area (Å²) in [7, 11) is -0.950. The average Bonchev–Trinajstić information content (AvgIpc) is 3.20. The van der Waals surface area contributed by atoms with Gasteiger partial charge < -0.3 is 4.90 Å². The van der Waals surface area contributed by atoms with Gasteiger partial charge in [0.2, 0.25) is 5.91 Å². The summed E-state index contributed by atoms with van der Waals surface area (Å²) < 4.78 is 25.7. The standard InChI is InChI=1S/C22H36N4O3S/c1-16-20(17(2)26(23-16)19-10-12-30(28,29)15-19)13-24(3)14-22(27)25-11-6-8-18-7-4-5-9-21(18)25/h18-19,21H,4-15H2,1-3H3/t18-,19+,21-/m0/s1. The smallest absolute Gasteiger partial charge is 0.237 e. The minimum absolute atomic E-state index is 0.0639. The van der Waals surface area contributed by atoms with Crippen molar-refractivity contribution in [2.75, 3.05) is 31.6 Å². The van der Waals surface area contributed by atoms with Crippen LogP contribution in [-0.4, -0.2) is 71.6 Å². The Labute approximate surface area is 180 Å². The third-order valence-corrected chi connectivity index (χ3v) is 9.18. The molecule has 1 aromatic rings. The molecule has 3 atom stereocenters. The lowest BCUT2D eigenvalue weighted by Gasteiger charge is -2.44. The molecule has 0 radical (unpaired) electrons. The van der Waals surface area contributed by atoms with Crippen molar-refractivity contribution in [3.63, 3.8) is 0 Å². The maximum absolute atomic E-state index is 13.1. The van der Waals surface area contributed by atoms with Crippen LogP contribution in [-0.2, 0) is 21.2 Å². The molecule has 0 bridgehead atoms. The van der Waals surface area contributed by atoms with Gasteiger partial charge in [-0.25, -0.2) is 8.42 Å². The molecule has 3 fully saturated rings. The second-order valence-corrected chi connectivity index (χ2v) is 11.9. The number of carbonyl (C=O) groups is 1. The normalized spacial score (nSPS) is 28.7. The van der Waals surface area contributed by atoms with Crippen molar-refractivity contribution in [3.05, 3.63) is 17.0 Å². The van der Waals surface area contributed by atoms with Gasteiger partial charge in [-0.2, -0.15) is 5.10 Å². The summed E-state index contributed by atoms with van der Waals surface area (Å²) in [4.78, 5) is 17.4. The Morgan fingerprint density at radius 1 is 1.13 bits per heavy atom. The number of rotatable bonds is 5. The fraction of sp³-hybridized carbons (Fsp3) is 0.818. The molecule has 0 N–H and O–H groups in total. The van der Waals surface area contributed by atoms with Crippen LogP contribution >= 0.6 is 0 Å². The van der Waals surface area contributed by atoms with Crippen LogP contribution in [0, 0.1) is 19.8 Å². The Balaban J connectivity index is 1.40. The Bertz CT molecular complexity index is 892. The third kappa shape index (κ3) is 4.44. The number of likely N-dealkylation sites (N-methyl/N-ethyl adjacent to an activating group) is 1. The number of likely N-dealkylation sites (tertiary alicyclic amines) is 1. The quantitative estimate of drug-likeness (QED) is 0.709. The molecule has 1 saturated carbocycles. The number of hydrogen-bond acceptors (Lipinski definition) is 5. The van der Waals surface area contributed by atoms with E-state index in [9.17, 15) is 13.2 Å². The molecular weight excluding hydrogens is 400 g/mol. The molecular formula is C22H36N4O3S. The van der Waals surface area contributed by atoms with Crippen molar-refractivity contribution in [2.45, 2.75) is 77.4 Å². The number of aryl methyl sites for hydroxylation is 1. The van der Waals surface area contributed by atoms with Gasteiger partial charge in [0.25, 0.3) is 0 Å². The highest BCUT2D eigenvalue weighted by Gasteiger charge is 2.36. The van der Waals surface area contributed by atoms with Gasteiger partial charge in [-0.1, -0.05) is 12.8 Å². The first-order valence-electron chi connectivity index (χ1n) is 11.5. The zero-order chi connectivity index (χ0) is 21.5. The number of carbonyl (C=O) groups excluding carboxylic acids is 1. The average molecular weight is 437 g/mol. The van der Waals surface area contributed by atoms with Crippen molar-refractivity contribution in [1.29, 1.82) is 0 Å². The SMILES string of the molecule is Cc1nn([C@@H]2CCS(=O)(=O)C2)c(C)c1CN(C)CC(=O)N1CCC[C@@H]2CCCC[C@@H]21. The number of hydrogen-bond donors (Lipinski definition) is 0. The molecule has 2 aliphatic heterocycles. The lowest BCUT2D eigenvalue weighted by molar-refractivity contribution is -0.138. The first-order valence-corrected chi connectivity index (χ1v) is 13.3. The van der Waals surface area contributed by atoms with Gasteiger partial charge in [-0.3, -0.25) is 14.4 Å². The van der Waals surface area contributed by atoms with Crippen LogP contribution in [0.5, 0.6) is 0 Å². The van der Waals surface area contributed by atoms with Crippen LogP contribution in [0.1, 0.15) is 67.9 Å². The molecule has 3 heterocycles. The number of nitrogens with zero attached hydrogens (tertiary/aromatic N) is 4. The van der Waals surface area contributed by atoms with Crippen molar-refractivity contribution in [2.24, 2.45) is 5.92 Å². The second-order valence-electron chi connectivity index (χ2n) is 9.66. The fourth-order valence-electron chi connectivity index (χ4n) is 5.83. The maximum atomic E-state index is 13.1.